The Kier molecular flexibility index (Phi) is 7.45. The summed E-state index contributed by atoms with van der Waals surface area (Å²) in [5.74, 6) is 0. The van der Waals surface area contributed by atoms with Crippen molar-refractivity contribution in [1.82, 2.24) is 0 Å². The standard InChI is InChI=1S/C24H29Cl2O3P/c1-8-16(4)30(29,23(28)21-18(25)10-9-11-19(21)26)22(27)20-14(2)12-17(13-15(20)3)24(5,6)7/h9-13,16H,8H2,1-7H3. The van der Waals surface area contributed by atoms with E-state index in [2.05, 4.69) is 20.8 Å². The summed E-state index contributed by atoms with van der Waals surface area (Å²) < 4.78 is 14.2. The Morgan fingerprint density at radius 3 is 1.80 bits per heavy atom. The maximum absolute atomic E-state index is 14.2. The Labute approximate surface area is 189 Å². The van der Waals surface area contributed by atoms with Crippen molar-refractivity contribution in [1.29, 1.82) is 0 Å². The third-order valence-corrected chi connectivity index (χ3v) is 9.49. The van der Waals surface area contributed by atoms with Gasteiger partial charge in [-0.2, -0.15) is 0 Å². The zero-order chi connectivity index (χ0) is 23.0. The van der Waals surface area contributed by atoms with Crippen LogP contribution in [0.4, 0.5) is 0 Å². The van der Waals surface area contributed by atoms with Crippen LogP contribution < -0.4 is 0 Å². The molecule has 0 fully saturated rings. The van der Waals surface area contributed by atoms with E-state index < -0.39 is 23.8 Å². The molecule has 0 aliphatic carbocycles. The first-order valence-electron chi connectivity index (χ1n) is 10.0. The van der Waals surface area contributed by atoms with Gasteiger partial charge in [0, 0.05) is 11.2 Å². The van der Waals surface area contributed by atoms with E-state index in [0.29, 0.717) is 23.1 Å². The smallest absolute Gasteiger partial charge is 0.232 e. The van der Waals surface area contributed by atoms with Crippen molar-refractivity contribution in [2.45, 2.75) is 66.0 Å². The van der Waals surface area contributed by atoms with Crippen molar-refractivity contribution in [2.75, 3.05) is 0 Å². The molecule has 2 aromatic carbocycles. The van der Waals surface area contributed by atoms with Gasteiger partial charge in [0.2, 0.25) is 18.2 Å². The van der Waals surface area contributed by atoms with Crippen LogP contribution in [-0.2, 0) is 9.98 Å². The lowest BCUT2D eigenvalue weighted by atomic mass is 9.84. The molecule has 0 saturated heterocycles. The van der Waals surface area contributed by atoms with E-state index in [-0.39, 0.29) is 21.0 Å². The molecule has 0 saturated carbocycles. The Hall–Kier alpha value is -1.41. The van der Waals surface area contributed by atoms with Crippen molar-refractivity contribution in [3.63, 3.8) is 0 Å². The molecule has 0 radical (unpaired) electrons. The van der Waals surface area contributed by atoms with Gasteiger partial charge >= 0.3 is 0 Å². The molecule has 3 nitrogen and oxygen atoms in total. The van der Waals surface area contributed by atoms with Crippen LogP contribution in [-0.4, -0.2) is 16.7 Å². The monoisotopic (exact) mass is 466 g/mol. The molecule has 0 amide bonds. The van der Waals surface area contributed by atoms with Crippen LogP contribution in [0.3, 0.4) is 0 Å². The summed E-state index contributed by atoms with van der Waals surface area (Å²) in [7, 11) is -4.05. The number of carbonyl (C=O) groups excluding carboxylic acids is 2. The molecule has 2 rings (SSSR count). The molecule has 0 N–H and O–H groups in total. The average Bonchev–Trinajstić information content (AvgIpc) is 2.64. The van der Waals surface area contributed by atoms with E-state index in [0.717, 1.165) is 5.56 Å². The van der Waals surface area contributed by atoms with Gasteiger partial charge in [0.1, 0.15) is 0 Å². The van der Waals surface area contributed by atoms with Crippen molar-refractivity contribution < 1.29 is 14.2 Å². The second-order valence-electron chi connectivity index (χ2n) is 8.86. The molecule has 162 valence electrons. The molecule has 2 unspecified atom stereocenters. The normalized spacial score (nSPS) is 14.8. The molecule has 0 aliphatic rings. The maximum Gasteiger partial charge on any atom is 0.232 e. The van der Waals surface area contributed by atoms with Crippen molar-refractivity contribution in [3.05, 3.63) is 68.2 Å². The summed E-state index contributed by atoms with van der Waals surface area (Å²) in [6, 6.07) is 8.51. The lowest BCUT2D eigenvalue weighted by molar-refractivity contribution is 0.103. The lowest BCUT2D eigenvalue weighted by Crippen LogP contribution is -2.22. The lowest BCUT2D eigenvalue weighted by Gasteiger charge is -2.26. The highest BCUT2D eigenvalue weighted by Gasteiger charge is 2.47. The Bertz CT molecular complexity index is 1010. The Morgan fingerprint density at radius 2 is 1.40 bits per heavy atom. The van der Waals surface area contributed by atoms with Gasteiger partial charge in [-0.1, -0.05) is 76.0 Å². The van der Waals surface area contributed by atoms with Gasteiger partial charge in [-0.05, 0) is 54.5 Å². The summed E-state index contributed by atoms with van der Waals surface area (Å²) >= 11 is 12.4. The largest absolute Gasteiger partial charge is 0.306 e. The van der Waals surface area contributed by atoms with Crippen LogP contribution in [0.15, 0.2) is 30.3 Å². The summed E-state index contributed by atoms with van der Waals surface area (Å²) in [6.07, 6.45) is 0.412. The predicted octanol–water partition coefficient (Wildman–Crippen LogP) is 8.05. The second-order valence-corrected chi connectivity index (χ2v) is 12.7. The molecule has 6 heteroatoms. The Balaban J connectivity index is 2.73. The predicted molar refractivity (Wildman–Crippen MR) is 127 cm³/mol. The van der Waals surface area contributed by atoms with E-state index in [4.69, 9.17) is 23.2 Å². The minimum atomic E-state index is -4.05. The molecule has 2 atom stereocenters. The molecular weight excluding hydrogens is 438 g/mol. The first kappa shape index (κ1) is 24.9. The number of rotatable bonds is 6. The number of hydrogen-bond acceptors (Lipinski definition) is 3. The highest BCUT2D eigenvalue weighted by molar-refractivity contribution is 7.96. The van der Waals surface area contributed by atoms with Gasteiger partial charge in [-0.25, -0.2) is 0 Å². The molecule has 0 bridgehead atoms. The van der Waals surface area contributed by atoms with Gasteiger partial charge in [0.15, 0.2) is 0 Å². The summed E-state index contributed by atoms with van der Waals surface area (Å²) in [6.45, 7) is 13.4. The first-order valence-corrected chi connectivity index (χ1v) is 12.5. The third kappa shape index (κ3) is 4.44. The minimum absolute atomic E-state index is 0.0422. The van der Waals surface area contributed by atoms with Gasteiger partial charge < -0.3 is 4.57 Å². The van der Waals surface area contributed by atoms with Crippen molar-refractivity contribution >= 4 is 41.4 Å². The maximum atomic E-state index is 14.2. The van der Waals surface area contributed by atoms with E-state index in [1.54, 1.807) is 13.0 Å². The number of hydrogen-bond donors (Lipinski definition) is 0. The summed E-state index contributed by atoms with van der Waals surface area (Å²) in [5.41, 5.74) is 0.696. The summed E-state index contributed by atoms with van der Waals surface area (Å²) in [5, 5.41) is 0.195. The van der Waals surface area contributed by atoms with E-state index >= 15 is 0 Å². The SMILES string of the molecule is CCC(C)P(=O)(C(=O)c1c(C)cc(C(C)(C)C)cc1C)C(=O)c1c(Cl)cccc1Cl. The minimum Gasteiger partial charge on any atom is -0.306 e. The van der Waals surface area contributed by atoms with Crippen molar-refractivity contribution in [3.8, 4) is 0 Å². The fraction of sp³-hybridized carbons (Fsp3) is 0.417. The van der Waals surface area contributed by atoms with Gasteiger partial charge in [0.25, 0.3) is 0 Å². The highest BCUT2D eigenvalue weighted by atomic mass is 35.5. The van der Waals surface area contributed by atoms with Crippen LogP contribution in [0.25, 0.3) is 0 Å². The molecular formula is C24H29Cl2O3P. The van der Waals surface area contributed by atoms with Crippen molar-refractivity contribution in [2.24, 2.45) is 0 Å². The zero-order valence-electron chi connectivity index (χ0n) is 18.6. The average molecular weight is 467 g/mol. The van der Waals surface area contributed by atoms with E-state index in [9.17, 15) is 14.2 Å². The number of carbonyl (C=O) groups is 2. The van der Waals surface area contributed by atoms with Crippen LogP contribution in [0.1, 0.15) is 78.4 Å². The molecule has 30 heavy (non-hydrogen) atoms. The third-order valence-electron chi connectivity index (χ3n) is 5.60. The molecule has 0 aromatic heterocycles. The van der Waals surface area contributed by atoms with Crippen LogP contribution in [0.5, 0.6) is 0 Å². The fourth-order valence-corrected chi connectivity index (χ4v) is 6.98. The molecule has 0 heterocycles. The number of aryl methyl sites for hydroxylation is 2. The van der Waals surface area contributed by atoms with Gasteiger partial charge in [-0.15, -0.1) is 0 Å². The Morgan fingerprint density at radius 1 is 0.967 bits per heavy atom. The number of halogens is 2. The fourth-order valence-electron chi connectivity index (χ4n) is 3.52. The summed E-state index contributed by atoms with van der Waals surface area (Å²) in [4.78, 5) is 27.3. The topological polar surface area (TPSA) is 51.2 Å². The molecule has 0 spiro atoms. The zero-order valence-corrected chi connectivity index (χ0v) is 21.0. The number of benzene rings is 2. The molecule has 2 aromatic rings. The quantitative estimate of drug-likeness (QED) is 0.404. The van der Waals surface area contributed by atoms with Gasteiger partial charge in [-0.3, -0.25) is 9.59 Å². The van der Waals surface area contributed by atoms with Crippen LogP contribution >= 0.6 is 30.3 Å². The van der Waals surface area contributed by atoms with E-state index in [1.165, 1.54) is 12.1 Å². The first-order chi connectivity index (χ1) is 13.8. The second kappa shape index (κ2) is 8.99. The van der Waals surface area contributed by atoms with Crippen LogP contribution in [0.2, 0.25) is 10.0 Å². The van der Waals surface area contributed by atoms with Crippen LogP contribution in [0, 0.1) is 13.8 Å². The van der Waals surface area contributed by atoms with Gasteiger partial charge in [0.05, 0.1) is 15.6 Å². The van der Waals surface area contributed by atoms with E-state index in [1.807, 2.05) is 32.9 Å². The molecule has 0 aliphatic heterocycles. The highest BCUT2D eigenvalue weighted by Crippen LogP contribution is 2.59.